The molecule has 0 saturated heterocycles. The third kappa shape index (κ3) is 6.62. The second kappa shape index (κ2) is 16.2. The molecular formula is C60H38N8. The number of rotatable bonds is 8. The van der Waals surface area contributed by atoms with E-state index in [1.165, 1.54) is 10.8 Å². The van der Waals surface area contributed by atoms with Gasteiger partial charge in [-0.1, -0.05) is 182 Å². The Kier molecular flexibility index (Phi) is 9.31. The van der Waals surface area contributed by atoms with Crippen LogP contribution in [-0.2, 0) is 0 Å². The van der Waals surface area contributed by atoms with Gasteiger partial charge in [0, 0.05) is 54.9 Å². The topological polar surface area (TPSA) is 87.2 Å². The second-order valence-electron chi connectivity index (χ2n) is 16.7. The van der Waals surface area contributed by atoms with Gasteiger partial charge in [-0.25, -0.2) is 29.9 Å². The highest BCUT2D eigenvalue weighted by atomic mass is 15.1. The van der Waals surface area contributed by atoms with Gasteiger partial charge >= 0.3 is 0 Å². The van der Waals surface area contributed by atoms with Crippen LogP contribution in [0.5, 0.6) is 0 Å². The van der Waals surface area contributed by atoms with Crippen LogP contribution in [0.3, 0.4) is 0 Å². The smallest absolute Gasteiger partial charge is 0.166 e. The minimum absolute atomic E-state index is 0.514. The van der Waals surface area contributed by atoms with Gasteiger partial charge in [0.15, 0.2) is 34.9 Å². The molecule has 0 atom stereocenters. The average Bonchev–Trinajstić information content (AvgIpc) is 3.94. The lowest BCUT2D eigenvalue weighted by Gasteiger charge is -2.17. The van der Waals surface area contributed by atoms with E-state index in [0.717, 1.165) is 77.6 Å². The normalized spacial score (nSPS) is 11.5. The molecule has 13 aromatic rings. The number of fused-ring (bicyclic) bond motifs is 6. The number of nitrogens with zero attached hydrogens (tertiary/aromatic N) is 8. The molecule has 8 nitrogen and oxygen atoms in total. The molecule has 0 unspecified atom stereocenters. The van der Waals surface area contributed by atoms with Crippen molar-refractivity contribution in [1.29, 1.82) is 0 Å². The summed E-state index contributed by atoms with van der Waals surface area (Å²) in [4.78, 5) is 31.1. The van der Waals surface area contributed by atoms with Crippen LogP contribution in [-0.4, -0.2) is 39.0 Å². The molecule has 0 amide bonds. The predicted octanol–water partition coefficient (Wildman–Crippen LogP) is 14.3. The lowest BCUT2D eigenvalue weighted by atomic mass is 10.1. The van der Waals surface area contributed by atoms with E-state index in [4.69, 9.17) is 29.9 Å². The number of hydrogen-bond acceptors (Lipinski definition) is 6. The molecule has 8 heteroatoms. The summed E-state index contributed by atoms with van der Waals surface area (Å²) in [6.07, 6.45) is 0. The summed E-state index contributed by atoms with van der Waals surface area (Å²) in [7, 11) is 0. The minimum Gasteiger partial charge on any atom is -0.309 e. The first-order chi connectivity index (χ1) is 33.7. The fourth-order valence-electron chi connectivity index (χ4n) is 9.54. The maximum atomic E-state index is 5.33. The number of aromatic nitrogens is 8. The fraction of sp³-hybridized carbons (Fsp3) is 0. The highest BCUT2D eigenvalue weighted by Crippen LogP contribution is 2.42. The van der Waals surface area contributed by atoms with E-state index in [1.54, 1.807) is 0 Å². The maximum Gasteiger partial charge on any atom is 0.166 e. The standard InChI is InChI=1S/C60H38N8/c1-5-20-39(21-6-1)55-61-56(40-22-7-2-8-23-40)64-59(63-55)43-36-37-51(47(38-43)60-65-57(41-24-9-3-10-25-41)62-58(66-60)42-26-11-4-12-27-42)68-50-33-18-15-30-46(50)54-52(34-19-35-53(54)68)67-48-31-16-13-28-44(48)45-29-14-17-32-49(45)67/h1-38H. The van der Waals surface area contributed by atoms with E-state index >= 15 is 0 Å². The van der Waals surface area contributed by atoms with E-state index in [0.29, 0.717) is 34.9 Å². The summed E-state index contributed by atoms with van der Waals surface area (Å²) >= 11 is 0. The summed E-state index contributed by atoms with van der Waals surface area (Å²) in [5, 5.41) is 4.68. The Balaban J connectivity index is 1.11. The van der Waals surface area contributed by atoms with Gasteiger partial charge in [0.2, 0.25) is 0 Å². The molecule has 9 aromatic carbocycles. The van der Waals surface area contributed by atoms with Gasteiger partial charge in [-0.15, -0.1) is 0 Å². The molecule has 0 aliphatic carbocycles. The number of hydrogen-bond donors (Lipinski definition) is 0. The molecule has 0 bridgehead atoms. The maximum absolute atomic E-state index is 5.33. The Morgan fingerprint density at radius 2 is 0.588 bits per heavy atom. The van der Waals surface area contributed by atoms with Crippen LogP contribution in [0, 0.1) is 0 Å². The van der Waals surface area contributed by atoms with Gasteiger partial charge in [0.1, 0.15) is 0 Å². The first-order valence-corrected chi connectivity index (χ1v) is 22.6. The minimum atomic E-state index is 0.514. The molecule has 0 spiro atoms. The van der Waals surface area contributed by atoms with Crippen molar-refractivity contribution in [2.24, 2.45) is 0 Å². The second-order valence-corrected chi connectivity index (χ2v) is 16.7. The Bertz CT molecular complexity index is 3850. The van der Waals surface area contributed by atoms with Gasteiger partial charge in [-0.05, 0) is 48.5 Å². The molecule has 0 N–H and O–H groups in total. The zero-order valence-corrected chi connectivity index (χ0v) is 36.5. The van der Waals surface area contributed by atoms with Crippen molar-refractivity contribution in [3.05, 3.63) is 231 Å². The van der Waals surface area contributed by atoms with Crippen molar-refractivity contribution in [1.82, 2.24) is 39.0 Å². The fourth-order valence-corrected chi connectivity index (χ4v) is 9.54. The third-order valence-electron chi connectivity index (χ3n) is 12.6. The van der Waals surface area contributed by atoms with Gasteiger partial charge in [-0.3, -0.25) is 0 Å². The van der Waals surface area contributed by atoms with Crippen molar-refractivity contribution in [2.45, 2.75) is 0 Å². The molecule has 4 aromatic heterocycles. The van der Waals surface area contributed by atoms with Gasteiger partial charge in [0.25, 0.3) is 0 Å². The van der Waals surface area contributed by atoms with Crippen molar-refractivity contribution >= 4 is 43.6 Å². The summed E-state index contributed by atoms with van der Waals surface area (Å²) < 4.78 is 4.76. The average molecular weight is 871 g/mol. The number of benzene rings is 9. The molecule has 0 fully saturated rings. The van der Waals surface area contributed by atoms with Crippen LogP contribution in [0.15, 0.2) is 231 Å². The Morgan fingerprint density at radius 1 is 0.235 bits per heavy atom. The van der Waals surface area contributed by atoms with Crippen LogP contribution in [0.25, 0.3) is 123 Å². The Morgan fingerprint density at radius 3 is 1.06 bits per heavy atom. The van der Waals surface area contributed by atoms with Crippen LogP contribution in [0.4, 0.5) is 0 Å². The summed E-state index contributed by atoms with van der Waals surface area (Å²) in [5.41, 5.74) is 11.5. The largest absolute Gasteiger partial charge is 0.309 e. The zero-order chi connectivity index (χ0) is 45.0. The van der Waals surface area contributed by atoms with Crippen molar-refractivity contribution in [3.8, 4) is 79.7 Å². The van der Waals surface area contributed by atoms with Crippen molar-refractivity contribution in [2.75, 3.05) is 0 Å². The SMILES string of the molecule is c1ccc(-c2nc(-c3ccccc3)nc(-c3ccc(-n4c5ccccc5c5c(-n6c7ccccc7c7ccccc76)cccc54)c(-c4nc(-c5ccccc5)nc(-c5ccccc5)n4)c3)n2)cc1. The van der Waals surface area contributed by atoms with E-state index in [1.807, 2.05) is 121 Å². The van der Waals surface area contributed by atoms with E-state index in [2.05, 4.69) is 118 Å². The first-order valence-electron chi connectivity index (χ1n) is 22.6. The van der Waals surface area contributed by atoms with E-state index in [9.17, 15) is 0 Å². The molecule has 68 heavy (non-hydrogen) atoms. The van der Waals surface area contributed by atoms with E-state index < -0.39 is 0 Å². The van der Waals surface area contributed by atoms with Crippen LogP contribution < -0.4 is 0 Å². The van der Waals surface area contributed by atoms with Crippen LogP contribution in [0.2, 0.25) is 0 Å². The number of para-hydroxylation sites is 3. The van der Waals surface area contributed by atoms with Crippen molar-refractivity contribution < 1.29 is 0 Å². The highest BCUT2D eigenvalue weighted by Gasteiger charge is 2.24. The van der Waals surface area contributed by atoms with Crippen LogP contribution >= 0.6 is 0 Å². The Labute approximate surface area is 391 Å². The Hall–Kier alpha value is -9.40. The summed E-state index contributed by atoms with van der Waals surface area (Å²) in [6, 6.07) is 79.3. The summed E-state index contributed by atoms with van der Waals surface area (Å²) in [5.74, 6) is 3.34. The lowest BCUT2D eigenvalue weighted by Crippen LogP contribution is -2.05. The molecule has 318 valence electrons. The monoisotopic (exact) mass is 870 g/mol. The van der Waals surface area contributed by atoms with Gasteiger partial charge in [0.05, 0.1) is 33.4 Å². The van der Waals surface area contributed by atoms with Crippen molar-refractivity contribution in [3.63, 3.8) is 0 Å². The predicted molar refractivity (Wildman–Crippen MR) is 275 cm³/mol. The lowest BCUT2D eigenvalue weighted by molar-refractivity contribution is 1.06. The van der Waals surface area contributed by atoms with Gasteiger partial charge in [-0.2, -0.15) is 0 Å². The molecule has 13 rings (SSSR count). The molecule has 0 aliphatic heterocycles. The molecule has 0 aliphatic rings. The molecule has 0 saturated carbocycles. The molecule has 0 radical (unpaired) electrons. The third-order valence-corrected chi connectivity index (χ3v) is 12.6. The van der Waals surface area contributed by atoms with Crippen LogP contribution in [0.1, 0.15) is 0 Å². The zero-order valence-electron chi connectivity index (χ0n) is 36.5. The van der Waals surface area contributed by atoms with E-state index in [-0.39, 0.29) is 0 Å². The first kappa shape index (κ1) is 39.0. The highest BCUT2D eigenvalue weighted by molar-refractivity contribution is 6.16. The molecule has 4 heterocycles. The summed E-state index contributed by atoms with van der Waals surface area (Å²) in [6.45, 7) is 0. The molecular weight excluding hydrogens is 833 g/mol. The quantitative estimate of drug-likeness (QED) is 0.151. The van der Waals surface area contributed by atoms with Gasteiger partial charge < -0.3 is 9.13 Å².